The zero-order valence-electron chi connectivity index (χ0n) is 18.6. The predicted molar refractivity (Wildman–Crippen MR) is 144 cm³/mol. The number of hydrogen-bond acceptors (Lipinski definition) is 5. The number of rotatable bonds is 4. The van der Waals surface area contributed by atoms with Crippen molar-refractivity contribution in [3.05, 3.63) is 112 Å². The van der Waals surface area contributed by atoms with Gasteiger partial charge in [0.15, 0.2) is 4.80 Å². The van der Waals surface area contributed by atoms with Crippen LogP contribution in [0.15, 0.2) is 87.8 Å². The lowest BCUT2D eigenvalue weighted by Crippen LogP contribution is -2.40. The van der Waals surface area contributed by atoms with Gasteiger partial charge in [-0.05, 0) is 70.5 Å². The molecular weight excluding hydrogens is 559 g/mol. The molecule has 5 nitrogen and oxygen atoms in total. The Morgan fingerprint density at radius 2 is 1.85 bits per heavy atom. The van der Waals surface area contributed by atoms with Gasteiger partial charge in [0, 0.05) is 3.57 Å². The van der Waals surface area contributed by atoms with E-state index in [0.717, 1.165) is 25.5 Å². The summed E-state index contributed by atoms with van der Waals surface area (Å²) in [4.78, 5) is 32.2. The molecule has 2 heterocycles. The largest absolute Gasteiger partial charge is 0.463 e. The van der Waals surface area contributed by atoms with E-state index in [1.807, 2.05) is 79.7 Å². The number of nitrogens with zero attached hydrogens (tertiary/aromatic N) is 2. The smallest absolute Gasteiger partial charge is 0.338 e. The van der Waals surface area contributed by atoms with E-state index in [9.17, 15) is 9.59 Å². The van der Waals surface area contributed by atoms with Crippen molar-refractivity contribution in [2.75, 3.05) is 6.61 Å². The van der Waals surface area contributed by atoms with E-state index in [4.69, 9.17) is 4.74 Å². The summed E-state index contributed by atoms with van der Waals surface area (Å²) in [6.45, 7) is 3.83. The molecule has 7 heteroatoms. The summed E-state index contributed by atoms with van der Waals surface area (Å²) in [6, 6.07) is 21.2. The lowest BCUT2D eigenvalue weighted by molar-refractivity contribution is -0.139. The summed E-state index contributed by atoms with van der Waals surface area (Å²) >= 11 is 3.60. The first-order valence-corrected chi connectivity index (χ1v) is 12.8. The summed E-state index contributed by atoms with van der Waals surface area (Å²) < 4.78 is 8.69. The summed E-state index contributed by atoms with van der Waals surface area (Å²) in [5, 5.41) is 2.03. The highest BCUT2D eigenvalue weighted by Gasteiger charge is 2.34. The van der Waals surface area contributed by atoms with Gasteiger partial charge in [0.2, 0.25) is 0 Å². The third-order valence-electron chi connectivity index (χ3n) is 5.83. The number of ether oxygens (including phenoxy) is 1. The van der Waals surface area contributed by atoms with Crippen molar-refractivity contribution < 1.29 is 9.53 Å². The SMILES string of the molecule is CCOC(=O)C1=C(C)N=c2s/c(=C\c3ccccc3I)c(=O)n2[C@H]1c1cccc2ccccc12. The molecule has 0 saturated carbocycles. The number of halogens is 1. The van der Waals surface area contributed by atoms with Crippen LogP contribution in [0.2, 0.25) is 0 Å². The Morgan fingerprint density at radius 3 is 2.65 bits per heavy atom. The molecule has 170 valence electrons. The number of fused-ring (bicyclic) bond motifs is 2. The van der Waals surface area contributed by atoms with E-state index in [-0.39, 0.29) is 12.2 Å². The molecule has 1 aromatic heterocycles. The van der Waals surface area contributed by atoms with Gasteiger partial charge in [0.25, 0.3) is 5.56 Å². The molecule has 0 amide bonds. The van der Waals surface area contributed by atoms with Gasteiger partial charge in [-0.25, -0.2) is 9.79 Å². The number of carbonyl (C=O) groups is 1. The van der Waals surface area contributed by atoms with Crippen molar-refractivity contribution >= 4 is 56.7 Å². The normalized spacial score (nSPS) is 15.9. The van der Waals surface area contributed by atoms with Crippen LogP contribution in [0, 0.1) is 3.57 Å². The Morgan fingerprint density at radius 1 is 1.12 bits per heavy atom. The van der Waals surface area contributed by atoms with Crippen molar-refractivity contribution in [3.63, 3.8) is 0 Å². The summed E-state index contributed by atoms with van der Waals surface area (Å²) in [5.74, 6) is -0.450. The standard InChI is InChI=1S/C27H21IN2O3S/c1-3-33-26(32)23-16(2)29-27-30(24(23)20-13-8-11-17-9-4-6-12-19(17)20)25(31)22(34-27)15-18-10-5-7-14-21(18)28/h4-15,24H,3H2,1-2H3/b22-15-/t24-/m0/s1. The van der Waals surface area contributed by atoms with Crippen LogP contribution in [0.1, 0.15) is 31.0 Å². The molecule has 0 saturated heterocycles. The molecule has 4 aromatic rings. The summed E-state index contributed by atoms with van der Waals surface area (Å²) in [6.07, 6.45) is 1.90. The van der Waals surface area contributed by atoms with E-state index >= 15 is 0 Å². The van der Waals surface area contributed by atoms with Crippen LogP contribution >= 0.6 is 33.9 Å². The minimum absolute atomic E-state index is 0.171. The lowest BCUT2D eigenvalue weighted by atomic mass is 9.91. The molecule has 0 N–H and O–H groups in total. The monoisotopic (exact) mass is 580 g/mol. The number of carbonyl (C=O) groups excluding carboxylic acids is 1. The molecular formula is C27H21IN2O3S. The second-order valence-corrected chi connectivity index (χ2v) is 10.1. The van der Waals surface area contributed by atoms with Crippen LogP contribution in [-0.2, 0) is 9.53 Å². The first-order valence-electron chi connectivity index (χ1n) is 10.9. The molecule has 0 radical (unpaired) electrons. The van der Waals surface area contributed by atoms with Gasteiger partial charge in [-0.2, -0.15) is 0 Å². The maximum absolute atomic E-state index is 13.8. The maximum Gasteiger partial charge on any atom is 0.338 e. The number of allylic oxidation sites excluding steroid dienone is 1. The zero-order valence-corrected chi connectivity index (χ0v) is 21.6. The van der Waals surface area contributed by atoms with Gasteiger partial charge in [0.1, 0.15) is 0 Å². The number of esters is 1. The van der Waals surface area contributed by atoms with Crippen LogP contribution in [0.4, 0.5) is 0 Å². The van der Waals surface area contributed by atoms with Crippen LogP contribution in [0.25, 0.3) is 16.8 Å². The molecule has 1 aliphatic rings. The lowest BCUT2D eigenvalue weighted by Gasteiger charge is -2.25. The Kier molecular flexibility index (Phi) is 6.22. The Balaban J connectivity index is 1.82. The number of hydrogen-bond donors (Lipinski definition) is 0. The zero-order chi connectivity index (χ0) is 23.8. The van der Waals surface area contributed by atoms with Crippen molar-refractivity contribution in [2.24, 2.45) is 4.99 Å². The summed E-state index contributed by atoms with van der Waals surface area (Å²) in [7, 11) is 0. The van der Waals surface area contributed by atoms with Gasteiger partial charge >= 0.3 is 5.97 Å². The minimum atomic E-state index is -0.626. The van der Waals surface area contributed by atoms with Gasteiger partial charge < -0.3 is 4.74 Å². The molecule has 1 aliphatic heterocycles. The van der Waals surface area contributed by atoms with Gasteiger partial charge in [0.05, 0.1) is 28.5 Å². The van der Waals surface area contributed by atoms with E-state index < -0.39 is 12.0 Å². The maximum atomic E-state index is 13.8. The third kappa shape index (κ3) is 3.92. The molecule has 0 bridgehead atoms. The quantitative estimate of drug-likeness (QED) is 0.263. The van der Waals surface area contributed by atoms with Crippen molar-refractivity contribution in [2.45, 2.75) is 19.9 Å². The van der Waals surface area contributed by atoms with Gasteiger partial charge in [-0.15, -0.1) is 0 Å². The molecule has 3 aromatic carbocycles. The highest BCUT2D eigenvalue weighted by molar-refractivity contribution is 14.1. The van der Waals surface area contributed by atoms with Crippen molar-refractivity contribution in [1.82, 2.24) is 4.57 Å². The second kappa shape index (κ2) is 9.31. The van der Waals surface area contributed by atoms with Crippen LogP contribution in [-0.4, -0.2) is 17.1 Å². The fourth-order valence-corrected chi connectivity index (χ4v) is 5.89. The van der Waals surface area contributed by atoms with Crippen LogP contribution in [0.5, 0.6) is 0 Å². The van der Waals surface area contributed by atoms with Gasteiger partial charge in [-0.1, -0.05) is 72.0 Å². The fourth-order valence-electron chi connectivity index (χ4n) is 4.31. The third-order valence-corrected chi connectivity index (χ3v) is 7.79. The fraction of sp³-hybridized carbons (Fsp3) is 0.148. The van der Waals surface area contributed by atoms with Crippen molar-refractivity contribution in [1.29, 1.82) is 0 Å². The Hall–Kier alpha value is -3.04. The first-order chi connectivity index (χ1) is 16.5. The average molecular weight is 580 g/mol. The predicted octanol–water partition coefficient (Wildman–Crippen LogP) is 4.56. The topological polar surface area (TPSA) is 60.7 Å². The van der Waals surface area contributed by atoms with Gasteiger partial charge in [-0.3, -0.25) is 9.36 Å². The van der Waals surface area contributed by atoms with E-state index in [0.29, 0.717) is 20.6 Å². The summed E-state index contributed by atoms with van der Waals surface area (Å²) in [5.41, 5.74) is 2.63. The average Bonchev–Trinajstić information content (AvgIpc) is 3.14. The highest BCUT2D eigenvalue weighted by atomic mass is 127. The molecule has 0 aliphatic carbocycles. The Labute approximate surface area is 213 Å². The molecule has 0 fully saturated rings. The molecule has 0 unspecified atom stereocenters. The Bertz CT molecular complexity index is 1640. The van der Waals surface area contributed by atoms with Crippen LogP contribution in [0.3, 0.4) is 0 Å². The van der Waals surface area contributed by atoms with Crippen LogP contribution < -0.4 is 14.9 Å². The number of aromatic nitrogens is 1. The molecule has 0 spiro atoms. The first kappa shape index (κ1) is 22.7. The van der Waals surface area contributed by atoms with E-state index in [1.54, 1.807) is 11.5 Å². The molecule has 5 rings (SSSR count). The number of thiazole rings is 1. The van der Waals surface area contributed by atoms with Crippen molar-refractivity contribution in [3.8, 4) is 0 Å². The highest BCUT2D eigenvalue weighted by Crippen LogP contribution is 2.34. The molecule has 1 atom stereocenters. The number of benzene rings is 3. The minimum Gasteiger partial charge on any atom is -0.463 e. The van der Waals surface area contributed by atoms with E-state index in [2.05, 4.69) is 27.6 Å². The molecule has 34 heavy (non-hydrogen) atoms. The van der Waals surface area contributed by atoms with E-state index in [1.165, 1.54) is 11.3 Å². The second-order valence-electron chi connectivity index (χ2n) is 7.89.